The van der Waals surface area contributed by atoms with Gasteiger partial charge in [-0.25, -0.2) is 0 Å². The molecule has 1 aromatic rings. The predicted molar refractivity (Wildman–Crippen MR) is 79.6 cm³/mol. The van der Waals surface area contributed by atoms with Crippen LogP contribution in [0.4, 0.5) is 0 Å². The van der Waals surface area contributed by atoms with Crippen LogP contribution in [0.5, 0.6) is 0 Å². The first-order valence-electron chi connectivity index (χ1n) is 7.67. The Morgan fingerprint density at radius 1 is 1.32 bits per heavy atom. The van der Waals surface area contributed by atoms with Gasteiger partial charge in [-0.05, 0) is 38.3 Å². The molecule has 1 unspecified atom stereocenters. The lowest BCUT2D eigenvalue weighted by molar-refractivity contribution is 0.460. The largest absolute Gasteiger partial charge is 0.313 e. The number of nitrogens with one attached hydrogen (secondary N) is 1. The zero-order valence-electron chi connectivity index (χ0n) is 12.2. The third kappa shape index (κ3) is 3.27. The normalized spacial score (nSPS) is 18.3. The summed E-state index contributed by atoms with van der Waals surface area (Å²) in [4.78, 5) is 12.1. The molecule has 2 rings (SSSR count). The van der Waals surface area contributed by atoms with Crippen LogP contribution in [0.1, 0.15) is 62.7 Å². The Morgan fingerprint density at radius 2 is 2.16 bits per heavy atom. The molecule has 19 heavy (non-hydrogen) atoms. The topological polar surface area (TPSA) is 34.0 Å². The minimum Gasteiger partial charge on any atom is -0.313 e. The van der Waals surface area contributed by atoms with Crippen molar-refractivity contribution in [3.05, 3.63) is 33.7 Å². The third-order valence-electron chi connectivity index (χ3n) is 4.20. The van der Waals surface area contributed by atoms with Crippen LogP contribution in [0.2, 0.25) is 0 Å². The van der Waals surface area contributed by atoms with Crippen LogP contribution in [0.3, 0.4) is 0 Å². The van der Waals surface area contributed by atoms with Crippen LogP contribution in [0, 0.1) is 0 Å². The maximum atomic E-state index is 12.1. The molecular formula is C16H26N2O. The second-order valence-corrected chi connectivity index (χ2v) is 5.52. The van der Waals surface area contributed by atoms with Crippen LogP contribution in [0.25, 0.3) is 0 Å². The van der Waals surface area contributed by atoms with Gasteiger partial charge in [0.15, 0.2) is 0 Å². The van der Waals surface area contributed by atoms with Gasteiger partial charge in [0.1, 0.15) is 0 Å². The number of hydrogen-bond donors (Lipinski definition) is 1. The van der Waals surface area contributed by atoms with E-state index < -0.39 is 0 Å². The quantitative estimate of drug-likeness (QED) is 0.800. The van der Waals surface area contributed by atoms with E-state index >= 15 is 0 Å². The molecular weight excluding hydrogens is 236 g/mol. The van der Waals surface area contributed by atoms with Crippen molar-refractivity contribution in [1.29, 1.82) is 0 Å². The summed E-state index contributed by atoms with van der Waals surface area (Å²) in [7, 11) is 2.01. The lowest BCUT2D eigenvalue weighted by Crippen LogP contribution is -2.30. The van der Waals surface area contributed by atoms with E-state index in [1.54, 1.807) is 6.07 Å². The van der Waals surface area contributed by atoms with Crippen molar-refractivity contribution in [1.82, 2.24) is 9.88 Å². The smallest absolute Gasteiger partial charge is 0.250 e. The fourth-order valence-corrected chi connectivity index (χ4v) is 3.10. The van der Waals surface area contributed by atoms with Gasteiger partial charge < -0.3 is 9.88 Å². The summed E-state index contributed by atoms with van der Waals surface area (Å²) in [5.74, 6) is 0. The standard InChI is InChI=1S/C16H26N2O/c1-3-4-5-6-12-18-15-9-7-8-14(17-2)13(15)10-11-16(18)19/h10-11,14,17H,3-9,12H2,1-2H3. The summed E-state index contributed by atoms with van der Waals surface area (Å²) >= 11 is 0. The van der Waals surface area contributed by atoms with E-state index in [2.05, 4.69) is 12.2 Å². The van der Waals surface area contributed by atoms with Crippen LogP contribution in [0.15, 0.2) is 16.9 Å². The molecule has 0 spiro atoms. The van der Waals surface area contributed by atoms with Crippen molar-refractivity contribution in [2.24, 2.45) is 0 Å². The van der Waals surface area contributed by atoms with Gasteiger partial charge in [0.2, 0.25) is 0 Å². The molecule has 0 saturated carbocycles. The first-order valence-corrected chi connectivity index (χ1v) is 7.67. The maximum absolute atomic E-state index is 12.1. The molecule has 1 atom stereocenters. The summed E-state index contributed by atoms with van der Waals surface area (Å²) in [6.07, 6.45) is 8.26. The minimum atomic E-state index is 0.173. The SMILES string of the molecule is CCCCCCn1c2c(ccc1=O)C(NC)CCC2. The van der Waals surface area contributed by atoms with E-state index in [9.17, 15) is 4.79 Å². The average molecular weight is 262 g/mol. The van der Waals surface area contributed by atoms with Gasteiger partial charge in [0, 0.05) is 24.3 Å². The second kappa shape index (κ2) is 6.90. The van der Waals surface area contributed by atoms with Crippen LogP contribution in [-0.4, -0.2) is 11.6 Å². The molecule has 0 aromatic carbocycles. The summed E-state index contributed by atoms with van der Waals surface area (Å²) in [5, 5.41) is 3.37. The van der Waals surface area contributed by atoms with Gasteiger partial charge in [-0.15, -0.1) is 0 Å². The number of unbranched alkanes of at least 4 members (excludes halogenated alkanes) is 3. The van der Waals surface area contributed by atoms with Gasteiger partial charge in [-0.3, -0.25) is 4.79 Å². The molecule has 0 amide bonds. The van der Waals surface area contributed by atoms with Crippen molar-refractivity contribution in [3.8, 4) is 0 Å². The van der Waals surface area contributed by atoms with Crippen LogP contribution >= 0.6 is 0 Å². The molecule has 1 aliphatic rings. The van der Waals surface area contributed by atoms with E-state index in [0.717, 1.165) is 19.4 Å². The zero-order chi connectivity index (χ0) is 13.7. The summed E-state index contributed by atoms with van der Waals surface area (Å²) < 4.78 is 2.02. The molecule has 0 fully saturated rings. The van der Waals surface area contributed by atoms with Crippen molar-refractivity contribution < 1.29 is 0 Å². The molecule has 1 aliphatic carbocycles. The highest BCUT2D eigenvalue weighted by Gasteiger charge is 2.21. The van der Waals surface area contributed by atoms with Crippen LogP contribution < -0.4 is 10.9 Å². The molecule has 106 valence electrons. The Hall–Kier alpha value is -1.09. The number of aromatic nitrogens is 1. The second-order valence-electron chi connectivity index (χ2n) is 5.52. The highest BCUT2D eigenvalue weighted by atomic mass is 16.1. The number of hydrogen-bond acceptors (Lipinski definition) is 2. The molecule has 3 heteroatoms. The van der Waals surface area contributed by atoms with Gasteiger partial charge in [-0.2, -0.15) is 0 Å². The summed E-state index contributed by atoms with van der Waals surface area (Å²) in [5.41, 5.74) is 2.78. The first kappa shape index (κ1) is 14.3. The average Bonchev–Trinajstić information content (AvgIpc) is 2.44. The number of rotatable bonds is 6. The molecule has 0 bridgehead atoms. The first-order chi connectivity index (χ1) is 9.27. The molecule has 3 nitrogen and oxygen atoms in total. The van der Waals surface area contributed by atoms with Crippen molar-refractivity contribution in [2.75, 3.05) is 7.05 Å². The van der Waals surface area contributed by atoms with E-state index in [-0.39, 0.29) is 5.56 Å². The molecule has 0 aliphatic heterocycles. The van der Waals surface area contributed by atoms with Crippen molar-refractivity contribution in [3.63, 3.8) is 0 Å². The third-order valence-corrected chi connectivity index (χ3v) is 4.20. The summed E-state index contributed by atoms with van der Waals surface area (Å²) in [6.45, 7) is 3.10. The number of fused-ring (bicyclic) bond motifs is 1. The van der Waals surface area contributed by atoms with Gasteiger partial charge in [0.05, 0.1) is 0 Å². The lowest BCUT2D eigenvalue weighted by atomic mass is 9.91. The highest BCUT2D eigenvalue weighted by molar-refractivity contribution is 5.27. The van der Waals surface area contributed by atoms with Crippen molar-refractivity contribution in [2.45, 2.75) is 64.5 Å². The Labute approximate surface area is 116 Å². The fourth-order valence-electron chi connectivity index (χ4n) is 3.10. The minimum absolute atomic E-state index is 0.173. The van der Waals surface area contributed by atoms with Crippen molar-refractivity contribution >= 4 is 0 Å². The van der Waals surface area contributed by atoms with Gasteiger partial charge >= 0.3 is 0 Å². The van der Waals surface area contributed by atoms with Gasteiger partial charge in [-0.1, -0.05) is 32.3 Å². The highest BCUT2D eigenvalue weighted by Crippen LogP contribution is 2.28. The Morgan fingerprint density at radius 3 is 2.89 bits per heavy atom. The van der Waals surface area contributed by atoms with E-state index in [0.29, 0.717) is 6.04 Å². The molecule has 1 N–H and O–H groups in total. The monoisotopic (exact) mass is 262 g/mol. The molecule has 0 radical (unpaired) electrons. The molecule has 1 aromatic heterocycles. The van der Waals surface area contributed by atoms with Gasteiger partial charge in [0.25, 0.3) is 5.56 Å². The van der Waals surface area contributed by atoms with Crippen LogP contribution in [-0.2, 0) is 13.0 Å². The Balaban J connectivity index is 2.20. The number of pyridine rings is 1. The fraction of sp³-hybridized carbons (Fsp3) is 0.688. The van der Waals surface area contributed by atoms with E-state index in [1.165, 1.54) is 43.4 Å². The maximum Gasteiger partial charge on any atom is 0.250 e. The number of nitrogens with zero attached hydrogens (tertiary/aromatic N) is 1. The molecule has 0 saturated heterocycles. The van der Waals surface area contributed by atoms with E-state index in [4.69, 9.17) is 0 Å². The molecule has 1 heterocycles. The lowest BCUT2D eigenvalue weighted by Gasteiger charge is -2.27. The predicted octanol–water partition coefficient (Wildman–Crippen LogP) is 3.03. The zero-order valence-corrected chi connectivity index (χ0v) is 12.2. The Bertz CT molecular complexity index is 464. The Kier molecular flexibility index (Phi) is 5.20. The van der Waals surface area contributed by atoms with E-state index in [1.807, 2.05) is 17.7 Å². The summed E-state index contributed by atoms with van der Waals surface area (Å²) in [6, 6.07) is 4.20.